The average molecular weight is 238 g/mol. The number of methoxy groups -OCH3 is 1. The Morgan fingerprint density at radius 2 is 2.41 bits per heavy atom. The van der Waals surface area contributed by atoms with Gasteiger partial charge in [-0.3, -0.25) is 0 Å². The molecule has 2 heterocycles. The topological polar surface area (TPSA) is 82.3 Å². The van der Waals surface area contributed by atoms with Crippen molar-refractivity contribution in [3.8, 4) is 5.75 Å². The van der Waals surface area contributed by atoms with E-state index >= 15 is 0 Å². The van der Waals surface area contributed by atoms with Crippen molar-refractivity contribution < 1.29 is 9.47 Å². The standard InChI is InChI=1S/C11H18N4O2/c1-7(8-3-4-17-5-8)15-11-9(16-2)10(12)13-6-14-11/h6-8H,3-5H2,1-2H3,(H3,12,13,14,15). The quantitative estimate of drug-likeness (QED) is 0.811. The number of aromatic nitrogens is 2. The predicted molar refractivity (Wildman–Crippen MR) is 65.0 cm³/mol. The first-order valence-electron chi connectivity index (χ1n) is 5.71. The zero-order valence-corrected chi connectivity index (χ0v) is 10.1. The van der Waals surface area contributed by atoms with E-state index < -0.39 is 0 Å². The lowest BCUT2D eigenvalue weighted by molar-refractivity contribution is 0.183. The summed E-state index contributed by atoms with van der Waals surface area (Å²) >= 11 is 0. The van der Waals surface area contributed by atoms with Crippen LogP contribution in [-0.4, -0.2) is 36.3 Å². The first-order chi connectivity index (χ1) is 8.22. The van der Waals surface area contributed by atoms with Crippen LogP contribution in [0, 0.1) is 5.92 Å². The molecule has 1 aromatic rings. The molecular formula is C11H18N4O2. The van der Waals surface area contributed by atoms with Gasteiger partial charge in [0.05, 0.1) is 13.7 Å². The molecule has 1 aromatic heterocycles. The molecule has 0 bridgehead atoms. The van der Waals surface area contributed by atoms with Gasteiger partial charge in [-0.15, -0.1) is 0 Å². The van der Waals surface area contributed by atoms with Crippen molar-refractivity contribution in [3.05, 3.63) is 6.33 Å². The summed E-state index contributed by atoms with van der Waals surface area (Å²) in [5.74, 6) is 1.98. The maximum Gasteiger partial charge on any atom is 0.203 e. The number of nitrogens with one attached hydrogen (secondary N) is 1. The summed E-state index contributed by atoms with van der Waals surface area (Å²) in [4.78, 5) is 8.05. The molecule has 0 saturated carbocycles. The Labute approximate surface area is 101 Å². The maximum absolute atomic E-state index is 5.72. The Kier molecular flexibility index (Phi) is 3.63. The Morgan fingerprint density at radius 3 is 3.06 bits per heavy atom. The van der Waals surface area contributed by atoms with Gasteiger partial charge >= 0.3 is 0 Å². The predicted octanol–water partition coefficient (Wildman–Crippen LogP) is 0.904. The van der Waals surface area contributed by atoms with E-state index in [2.05, 4.69) is 22.2 Å². The summed E-state index contributed by atoms with van der Waals surface area (Å²) in [5, 5.41) is 3.31. The highest BCUT2D eigenvalue weighted by Crippen LogP contribution is 2.28. The van der Waals surface area contributed by atoms with Gasteiger partial charge < -0.3 is 20.5 Å². The molecule has 2 atom stereocenters. The number of nitrogens with zero attached hydrogens (tertiary/aromatic N) is 2. The van der Waals surface area contributed by atoms with E-state index in [1.165, 1.54) is 6.33 Å². The number of ether oxygens (including phenoxy) is 2. The van der Waals surface area contributed by atoms with E-state index in [1.807, 2.05) is 0 Å². The third-order valence-electron chi connectivity index (χ3n) is 3.07. The molecule has 6 heteroatoms. The smallest absolute Gasteiger partial charge is 0.203 e. The second-order valence-electron chi connectivity index (χ2n) is 4.20. The van der Waals surface area contributed by atoms with E-state index in [4.69, 9.17) is 15.2 Å². The SMILES string of the molecule is COc1c(N)ncnc1NC(C)C1CCOC1. The van der Waals surface area contributed by atoms with Gasteiger partial charge in [0, 0.05) is 18.6 Å². The van der Waals surface area contributed by atoms with Crippen LogP contribution >= 0.6 is 0 Å². The molecule has 1 aliphatic heterocycles. The van der Waals surface area contributed by atoms with Crippen LogP contribution in [0.2, 0.25) is 0 Å². The molecular weight excluding hydrogens is 220 g/mol. The van der Waals surface area contributed by atoms with Crippen molar-refractivity contribution in [1.82, 2.24) is 9.97 Å². The maximum atomic E-state index is 5.72. The van der Waals surface area contributed by atoms with Gasteiger partial charge in [-0.2, -0.15) is 0 Å². The number of hydrogen-bond donors (Lipinski definition) is 2. The lowest BCUT2D eigenvalue weighted by Gasteiger charge is -2.21. The zero-order valence-electron chi connectivity index (χ0n) is 10.1. The minimum Gasteiger partial charge on any atom is -0.490 e. The summed E-state index contributed by atoms with van der Waals surface area (Å²) in [6, 6.07) is 0.265. The third kappa shape index (κ3) is 2.58. The van der Waals surface area contributed by atoms with Crippen molar-refractivity contribution in [1.29, 1.82) is 0 Å². The summed E-state index contributed by atoms with van der Waals surface area (Å²) in [6.07, 6.45) is 2.50. The summed E-state index contributed by atoms with van der Waals surface area (Å²) in [6.45, 7) is 3.73. The minimum absolute atomic E-state index is 0.265. The minimum atomic E-state index is 0.265. The van der Waals surface area contributed by atoms with Gasteiger partial charge in [0.1, 0.15) is 6.33 Å². The van der Waals surface area contributed by atoms with Gasteiger partial charge in [0.2, 0.25) is 5.75 Å². The van der Waals surface area contributed by atoms with Crippen LogP contribution in [0.4, 0.5) is 11.6 Å². The first kappa shape index (κ1) is 11.9. The Balaban J connectivity index is 2.09. The molecule has 2 rings (SSSR count). The van der Waals surface area contributed by atoms with Crippen molar-refractivity contribution in [2.75, 3.05) is 31.4 Å². The Bertz CT molecular complexity index is 380. The fraction of sp³-hybridized carbons (Fsp3) is 0.636. The molecule has 1 saturated heterocycles. The van der Waals surface area contributed by atoms with Gasteiger partial charge in [0.25, 0.3) is 0 Å². The van der Waals surface area contributed by atoms with E-state index in [1.54, 1.807) is 7.11 Å². The number of anilines is 2. The number of hydrogen-bond acceptors (Lipinski definition) is 6. The highest BCUT2D eigenvalue weighted by Gasteiger charge is 2.23. The average Bonchev–Trinajstić information content (AvgIpc) is 2.82. The second-order valence-corrected chi connectivity index (χ2v) is 4.20. The van der Waals surface area contributed by atoms with Crippen LogP contribution in [0.1, 0.15) is 13.3 Å². The normalized spacial score (nSPS) is 21.2. The summed E-state index contributed by atoms with van der Waals surface area (Å²) < 4.78 is 10.6. The van der Waals surface area contributed by atoms with Crippen molar-refractivity contribution in [2.45, 2.75) is 19.4 Å². The summed E-state index contributed by atoms with van der Waals surface area (Å²) in [5.41, 5.74) is 5.72. The molecule has 17 heavy (non-hydrogen) atoms. The van der Waals surface area contributed by atoms with Crippen LogP contribution in [0.15, 0.2) is 6.33 Å². The van der Waals surface area contributed by atoms with Crippen molar-refractivity contribution in [2.24, 2.45) is 5.92 Å². The van der Waals surface area contributed by atoms with Gasteiger partial charge in [-0.1, -0.05) is 0 Å². The van der Waals surface area contributed by atoms with Crippen LogP contribution in [0.5, 0.6) is 5.75 Å². The van der Waals surface area contributed by atoms with Crippen LogP contribution in [-0.2, 0) is 4.74 Å². The lowest BCUT2D eigenvalue weighted by Crippen LogP contribution is -2.27. The molecule has 0 amide bonds. The molecule has 0 spiro atoms. The van der Waals surface area contributed by atoms with E-state index in [9.17, 15) is 0 Å². The number of nitrogens with two attached hydrogens (primary N) is 1. The lowest BCUT2D eigenvalue weighted by atomic mass is 10.0. The second kappa shape index (κ2) is 5.18. The van der Waals surface area contributed by atoms with Crippen LogP contribution < -0.4 is 15.8 Å². The highest BCUT2D eigenvalue weighted by molar-refractivity contribution is 5.61. The van der Waals surface area contributed by atoms with Gasteiger partial charge in [-0.05, 0) is 13.3 Å². The van der Waals surface area contributed by atoms with Crippen molar-refractivity contribution >= 4 is 11.6 Å². The van der Waals surface area contributed by atoms with Gasteiger partial charge in [-0.25, -0.2) is 9.97 Å². The van der Waals surface area contributed by atoms with Crippen molar-refractivity contribution in [3.63, 3.8) is 0 Å². The van der Waals surface area contributed by atoms with E-state index in [0.717, 1.165) is 19.6 Å². The molecule has 3 N–H and O–H groups in total. The van der Waals surface area contributed by atoms with Gasteiger partial charge in [0.15, 0.2) is 11.6 Å². The molecule has 1 fully saturated rings. The fourth-order valence-corrected chi connectivity index (χ4v) is 1.97. The fourth-order valence-electron chi connectivity index (χ4n) is 1.97. The number of nitrogen functional groups attached to an aromatic ring is 1. The molecule has 0 aliphatic carbocycles. The van der Waals surface area contributed by atoms with E-state index in [-0.39, 0.29) is 6.04 Å². The monoisotopic (exact) mass is 238 g/mol. The molecule has 2 unspecified atom stereocenters. The number of rotatable bonds is 4. The van der Waals surface area contributed by atoms with Crippen LogP contribution in [0.3, 0.4) is 0 Å². The van der Waals surface area contributed by atoms with E-state index in [0.29, 0.717) is 23.3 Å². The summed E-state index contributed by atoms with van der Waals surface area (Å²) in [7, 11) is 1.56. The molecule has 6 nitrogen and oxygen atoms in total. The zero-order chi connectivity index (χ0) is 12.3. The molecule has 1 aliphatic rings. The molecule has 94 valence electrons. The van der Waals surface area contributed by atoms with Crippen LogP contribution in [0.25, 0.3) is 0 Å². The molecule has 0 radical (unpaired) electrons. The molecule has 0 aromatic carbocycles. The Morgan fingerprint density at radius 1 is 1.59 bits per heavy atom. The highest BCUT2D eigenvalue weighted by atomic mass is 16.5. The first-order valence-corrected chi connectivity index (χ1v) is 5.71. The Hall–Kier alpha value is -1.56. The third-order valence-corrected chi connectivity index (χ3v) is 3.07. The largest absolute Gasteiger partial charge is 0.490 e.